The van der Waals surface area contributed by atoms with Gasteiger partial charge in [0.1, 0.15) is 18.2 Å². The summed E-state index contributed by atoms with van der Waals surface area (Å²) in [5.74, 6) is 1.16. The molecule has 2 fully saturated rings. The number of ether oxygens (including phenoxy) is 2. The van der Waals surface area contributed by atoms with Gasteiger partial charge in [0, 0.05) is 37.1 Å². The lowest BCUT2D eigenvalue weighted by molar-refractivity contribution is -0.126. The second-order valence-electron chi connectivity index (χ2n) is 14.4. The summed E-state index contributed by atoms with van der Waals surface area (Å²) in [7, 11) is 1.15. The van der Waals surface area contributed by atoms with E-state index in [-0.39, 0.29) is 12.0 Å². The highest BCUT2D eigenvalue weighted by molar-refractivity contribution is 6.62. The van der Waals surface area contributed by atoms with Gasteiger partial charge < -0.3 is 28.9 Å². The Labute approximate surface area is 280 Å². The smallest absolute Gasteiger partial charge is 0.488 e. The first-order valence-corrected chi connectivity index (χ1v) is 16.7. The van der Waals surface area contributed by atoms with Crippen LogP contribution < -0.4 is 15.5 Å². The number of hydrogen-bond acceptors (Lipinski definition) is 8. The molecule has 12 heteroatoms. The number of carbonyl (C=O) groups excluding carboxylic acids is 1. The molecular weight excluding hydrogens is 611 g/mol. The van der Waals surface area contributed by atoms with Crippen molar-refractivity contribution in [3.63, 3.8) is 0 Å². The van der Waals surface area contributed by atoms with E-state index in [2.05, 4.69) is 74.4 Å². The van der Waals surface area contributed by atoms with Gasteiger partial charge >= 0.3 is 13.2 Å². The van der Waals surface area contributed by atoms with E-state index in [1.165, 1.54) is 0 Å². The summed E-state index contributed by atoms with van der Waals surface area (Å²) in [6, 6.07) is 14.3. The number of rotatable bonds is 9. The van der Waals surface area contributed by atoms with Crippen LogP contribution in [0.1, 0.15) is 71.3 Å². The van der Waals surface area contributed by atoms with Crippen molar-refractivity contribution >= 4 is 46.8 Å². The topological polar surface area (TPSA) is 135 Å². The molecule has 4 aromatic rings. The lowest BCUT2D eigenvalue weighted by Crippen LogP contribution is -2.65. The Morgan fingerprint density at radius 1 is 1.19 bits per heavy atom. The van der Waals surface area contributed by atoms with E-state index in [0.717, 1.165) is 68.8 Å². The summed E-state index contributed by atoms with van der Waals surface area (Å²) in [5.41, 5.74) is 3.59. The number of carbonyl (C=O) groups is 2. The van der Waals surface area contributed by atoms with Crippen molar-refractivity contribution in [3.05, 3.63) is 53.9 Å². The minimum Gasteiger partial charge on any atom is -0.488 e. The zero-order valence-electron chi connectivity index (χ0n) is 28.4. The molecule has 3 unspecified atom stereocenters. The molecule has 0 bridgehead atoms. The van der Waals surface area contributed by atoms with Gasteiger partial charge in [0.2, 0.25) is 0 Å². The van der Waals surface area contributed by atoms with Gasteiger partial charge in [0.25, 0.3) is 0 Å². The maximum atomic E-state index is 12.8. The van der Waals surface area contributed by atoms with Crippen molar-refractivity contribution in [3.8, 4) is 16.9 Å². The Morgan fingerprint density at radius 2 is 1.96 bits per heavy atom. The van der Waals surface area contributed by atoms with Gasteiger partial charge in [0.15, 0.2) is 11.9 Å². The number of imidazole rings is 1. The molecule has 48 heavy (non-hydrogen) atoms. The predicted octanol–water partition coefficient (Wildman–Crippen LogP) is 5.55. The average molecular weight is 655 g/mol. The highest BCUT2D eigenvalue weighted by Crippen LogP contribution is 2.44. The quantitative estimate of drug-likeness (QED) is 0.157. The van der Waals surface area contributed by atoms with Gasteiger partial charge in [-0.2, -0.15) is 0 Å². The third kappa shape index (κ3) is 5.26. The molecule has 7 rings (SSSR count). The maximum Gasteiger partial charge on any atom is 0.494 e. The van der Waals surface area contributed by atoms with Crippen molar-refractivity contribution in [2.24, 2.45) is 5.92 Å². The normalized spacial score (nSPS) is 21.8. The van der Waals surface area contributed by atoms with Crippen LogP contribution in [0, 0.1) is 5.92 Å². The van der Waals surface area contributed by atoms with E-state index >= 15 is 0 Å². The van der Waals surface area contributed by atoms with E-state index in [1.54, 1.807) is 7.11 Å². The third-order valence-electron chi connectivity index (χ3n) is 11.0. The number of nitrogens with one attached hydrogen (secondary N) is 2. The summed E-state index contributed by atoms with van der Waals surface area (Å²) >= 11 is 0. The fourth-order valence-electron chi connectivity index (χ4n) is 7.49. The fourth-order valence-corrected chi connectivity index (χ4v) is 7.49. The van der Waals surface area contributed by atoms with Gasteiger partial charge in [-0.25, -0.2) is 9.78 Å². The summed E-state index contributed by atoms with van der Waals surface area (Å²) in [6.45, 7) is 11.5. The summed E-state index contributed by atoms with van der Waals surface area (Å²) in [5, 5.41) is 14.4. The monoisotopic (exact) mass is 654 g/mol. The first-order valence-electron chi connectivity index (χ1n) is 16.7. The highest BCUT2D eigenvalue weighted by Gasteiger charge is 2.52. The number of aromatic amines is 1. The van der Waals surface area contributed by atoms with E-state index in [1.807, 2.05) is 17.9 Å². The van der Waals surface area contributed by atoms with E-state index in [0.29, 0.717) is 32.0 Å². The highest BCUT2D eigenvalue weighted by atomic mass is 16.7. The van der Waals surface area contributed by atoms with Crippen LogP contribution in [0.3, 0.4) is 0 Å². The number of carboxylic acid groups (broad SMARTS) is 1. The molecule has 4 heterocycles. The van der Waals surface area contributed by atoms with E-state index < -0.39 is 30.1 Å². The van der Waals surface area contributed by atoms with E-state index in [4.69, 9.17) is 23.8 Å². The Morgan fingerprint density at radius 3 is 2.67 bits per heavy atom. The predicted molar refractivity (Wildman–Crippen MR) is 183 cm³/mol. The van der Waals surface area contributed by atoms with Crippen molar-refractivity contribution < 1.29 is 33.5 Å². The number of likely N-dealkylation sites (tertiary alicyclic amines) is 1. The molecular formula is C36H43BN4O7. The fraction of sp³-hybridized carbons (Fsp3) is 0.472. The lowest BCUT2D eigenvalue weighted by atomic mass is 9.77. The Hall–Kier alpha value is -3.97. The number of amides is 1. The minimum atomic E-state index is -1.42. The Kier molecular flexibility index (Phi) is 8.06. The molecule has 2 saturated heterocycles. The third-order valence-corrected chi connectivity index (χ3v) is 11.0. The molecule has 252 valence electrons. The van der Waals surface area contributed by atoms with Gasteiger partial charge in [0.05, 0.1) is 28.3 Å². The molecule has 0 aliphatic carbocycles. The van der Waals surface area contributed by atoms with Crippen molar-refractivity contribution in [2.75, 3.05) is 20.3 Å². The molecule has 3 atom stereocenters. The van der Waals surface area contributed by atoms with Crippen LogP contribution in [-0.4, -0.2) is 76.6 Å². The average Bonchev–Trinajstić information content (AvgIpc) is 3.77. The molecule has 0 saturated carbocycles. The second kappa shape index (κ2) is 11.9. The molecule has 3 N–H and O–H groups in total. The molecule has 3 aliphatic heterocycles. The lowest BCUT2D eigenvalue weighted by Gasteiger charge is -2.44. The number of fused-ring (bicyclic) bond motifs is 6. The molecule has 0 radical (unpaired) electrons. The van der Waals surface area contributed by atoms with Crippen LogP contribution in [0.5, 0.6) is 5.75 Å². The number of aldehydes is 1. The van der Waals surface area contributed by atoms with Crippen LogP contribution in [0.2, 0.25) is 0 Å². The van der Waals surface area contributed by atoms with Crippen LogP contribution in [0.4, 0.5) is 4.79 Å². The van der Waals surface area contributed by atoms with Crippen LogP contribution in [0.25, 0.3) is 32.9 Å². The zero-order chi connectivity index (χ0) is 34.0. The first kappa shape index (κ1) is 32.6. The van der Waals surface area contributed by atoms with Crippen LogP contribution in [0.15, 0.2) is 42.5 Å². The minimum absolute atomic E-state index is 0.284. The Balaban J connectivity index is 1.23. The zero-order valence-corrected chi connectivity index (χ0v) is 28.4. The largest absolute Gasteiger partial charge is 0.494 e. The molecule has 11 nitrogen and oxygen atoms in total. The van der Waals surface area contributed by atoms with Crippen molar-refractivity contribution in [1.29, 1.82) is 0 Å². The molecule has 3 aliphatic rings. The second-order valence-corrected chi connectivity index (χ2v) is 14.4. The molecule has 3 aromatic carbocycles. The standard InChI is InChI=1S/C36H43BN4O7/c1-21(13-15-45-6)36(20-42,40-33(43)44)41-14-7-8-29(41)32-38-28-12-9-22-17-27-25-11-10-24(37-47-34(2,3)35(4,5)48-37)16-23(25)19-46-30(27)18-26(22)31(28)39-32/h9-12,16-18,20-21,29,40H,7-8,13-15,19H2,1-6H3,(H,38,39)(H,43,44). The van der Waals surface area contributed by atoms with Crippen LogP contribution in [-0.2, 0) is 25.4 Å². The number of methoxy groups -OCH3 is 1. The molecule has 1 aromatic heterocycles. The number of H-pyrrole nitrogens is 1. The molecule has 1 amide bonds. The summed E-state index contributed by atoms with van der Waals surface area (Å²) < 4.78 is 24.2. The van der Waals surface area contributed by atoms with Gasteiger partial charge in [-0.05, 0) is 87.1 Å². The summed E-state index contributed by atoms with van der Waals surface area (Å²) in [6.07, 6.45) is 1.53. The number of aromatic nitrogens is 2. The first-order chi connectivity index (χ1) is 22.9. The number of benzene rings is 3. The maximum absolute atomic E-state index is 12.8. The van der Waals surface area contributed by atoms with Gasteiger partial charge in [-0.15, -0.1) is 0 Å². The van der Waals surface area contributed by atoms with Gasteiger partial charge in [-0.3, -0.25) is 15.0 Å². The number of hydrogen-bond donors (Lipinski definition) is 3. The molecule has 0 spiro atoms. The summed E-state index contributed by atoms with van der Waals surface area (Å²) in [4.78, 5) is 35.3. The SMILES string of the molecule is COCCC(C)C(C=O)(NC(=O)O)N1CCCC1c1nc2ccc3cc4c(cc3c2[nH]1)OCc1cc(B2OC(C)(C)C(C)(C)O2)ccc1-4. The van der Waals surface area contributed by atoms with Gasteiger partial charge in [-0.1, -0.05) is 31.2 Å². The van der Waals surface area contributed by atoms with Crippen LogP contribution >= 0.6 is 0 Å². The van der Waals surface area contributed by atoms with Crippen molar-refractivity contribution in [2.45, 2.75) is 83.4 Å². The Bertz CT molecular complexity index is 1890. The number of nitrogens with zero attached hydrogens (tertiary/aromatic N) is 2. The van der Waals surface area contributed by atoms with Crippen molar-refractivity contribution in [1.82, 2.24) is 20.2 Å². The van der Waals surface area contributed by atoms with E-state index in [9.17, 15) is 14.7 Å².